The van der Waals surface area contributed by atoms with Crippen LogP contribution in [0.15, 0.2) is 72.0 Å². The van der Waals surface area contributed by atoms with Gasteiger partial charge in [0, 0.05) is 30.1 Å². The van der Waals surface area contributed by atoms with E-state index >= 15 is 0 Å². The van der Waals surface area contributed by atoms with E-state index in [4.69, 9.17) is 0 Å². The Kier molecular flexibility index (Phi) is 5.53. The molecule has 1 saturated carbocycles. The van der Waals surface area contributed by atoms with Crippen molar-refractivity contribution in [1.29, 1.82) is 0 Å². The standard InChI is InChI=1S/C29H31N3O/c1-19-5-8-24(9-6-19)22(4)32-17-27(25-10-11-25)15-26(29(32)33)14-23-7-12-28(20(2)13-23)31-16-21(3)30-18-31/h5-9,12-13,15-18,22,25H,10-11,14H2,1-4H3/t22-/m0/s1. The van der Waals surface area contributed by atoms with Crippen LogP contribution in [-0.2, 0) is 6.42 Å². The van der Waals surface area contributed by atoms with Crippen molar-refractivity contribution in [1.82, 2.24) is 14.1 Å². The van der Waals surface area contributed by atoms with Gasteiger partial charge in [-0.3, -0.25) is 4.79 Å². The Morgan fingerprint density at radius 3 is 2.39 bits per heavy atom. The van der Waals surface area contributed by atoms with Crippen molar-refractivity contribution < 1.29 is 0 Å². The van der Waals surface area contributed by atoms with Gasteiger partial charge in [-0.2, -0.15) is 0 Å². The molecule has 0 unspecified atom stereocenters. The summed E-state index contributed by atoms with van der Waals surface area (Å²) in [6.07, 6.45) is 9.06. The van der Waals surface area contributed by atoms with E-state index in [0.29, 0.717) is 12.3 Å². The Hall–Kier alpha value is -3.40. The molecule has 168 valence electrons. The number of benzene rings is 2. The molecule has 2 aromatic carbocycles. The molecule has 1 atom stereocenters. The van der Waals surface area contributed by atoms with E-state index < -0.39 is 0 Å². The predicted octanol–water partition coefficient (Wildman–Crippen LogP) is 6.04. The third-order valence-corrected chi connectivity index (χ3v) is 6.81. The first-order chi connectivity index (χ1) is 15.9. The minimum Gasteiger partial charge on any atom is -0.308 e. The highest BCUT2D eigenvalue weighted by Gasteiger charge is 2.26. The summed E-state index contributed by atoms with van der Waals surface area (Å²) in [5, 5.41) is 0. The number of pyridine rings is 1. The molecule has 5 rings (SSSR count). The van der Waals surface area contributed by atoms with Crippen LogP contribution in [0.4, 0.5) is 0 Å². The maximum Gasteiger partial charge on any atom is 0.254 e. The van der Waals surface area contributed by atoms with Gasteiger partial charge in [0.1, 0.15) is 0 Å². The zero-order valence-electron chi connectivity index (χ0n) is 19.9. The molecule has 0 amide bonds. The third kappa shape index (κ3) is 4.43. The number of rotatable bonds is 6. The second-order valence-corrected chi connectivity index (χ2v) is 9.59. The summed E-state index contributed by atoms with van der Waals surface area (Å²) in [5.74, 6) is 0.592. The monoisotopic (exact) mass is 437 g/mol. The highest BCUT2D eigenvalue weighted by Crippen LogP contribution is 2.40. The van der Waals surface area contributed by atoms with Gasteiger partial charge in [-0.15, -0.1) is 0 Å². The molecule has 2 aromatic heterocycles. The lowest BCUT2D eigenvalue weighted by Gasteiger charge is -2.19. The van der Waals surface area contributed by atoms with Crippen LogP contribution in [0.25, 0.3) is 5.69 Å². The Morgan fingerprint density at radius 2 is 1.76 bits per heavy atom. The number of nitrogens with zero attached hydrogens (tertiary/aromatic N) is 3. The molecule has 2 heterocycles. The molecule has 0 spiro atoms. The topological polar surface area (TPSA) is 39.8 Å². The summed E-state index contributed by atoms with van der Waals surface area (Å²) in [6, 6.07) is 17.1. The number of hydrogen-bond donors (Lipinski definition) is 0. The van der Waals surface area contributed by atoms with Crippen LogP contribution in [0, 0.1) is 20.8 Å². The Balaban J connectivity index is 1.50. The Labute approximate surface area is 195 Å². The van der Waals surface area contributed by atoms with Crippen molar-refractivity contribution in [2.45, 2.75) is 58.9 Å². The molecular weight excluding hydrogens is 406 g/mol. The molecule has 0 radical (unpaired) electrons. The van der Waals surface area contributed by atoms with Crippen molar-refractivity contribution in [3.8, 4) is 5.69 Å². The number of aryl methyl sites for hydroxylation is 3. The van der Waals surface area contributed by atoms with Gasteiger partial charge in [-0.25, -0.2) is 4.98 Å². The van der Waals surface area contributed by atoms with Gasteiger partial charge >= 0.3 is 0 Å². The lowest BCUT2D eigenvalue weighted by Crippen LogP contribution is -2.27. The van der Waals surface area contributed by atoms with Crippen LogP contribution in [0.3, 0.4) is 0 Å². The molecule has 0 N–H and O–H groups in total. The summed E-state index contributed by atoms with van der Waals surface area (Å²) in [7, 11) is 0. The van der Waals surface area contributed by atoms with E-state index in [9.17, 15) is 4.79 Å². The molecule has 4 heteroatoms. The Morgan fingerprint density at radius 1 is 1.00 bits per heavy atom. The largest absolute Gasteiger partial charge is 0.308 e. The first-order valence-electron chi connectivity index (χ1n) is 11.8. The van der Waals surface area contributed by atoms with E-state index in [1.54, 1.807) is 0 Å². The molecule has 1 aliphatic rings. The van der Waals surface area contributed by atoms with Gasteiger partial charge in [0.25, 0.3) is 5.56 Å². The summed E-state index contributed by atoms with van der Waals surface area (Å²) in [4.78, 5) is 17.9. The fraction of sp³-hybridized carbons (Fsp3) is 0.310. The van der Waals surface area contributed by atoms with Crippen molar-refractivity contribution in [2.75, 3.05) is 0 Å². The highest BCUT2D eigenvalue weighted by atomic mass is 16.1. The van der Waals surface area contributed by atoms with Gasteiger partial charge in [-0.1, -0.05) is 42.0 Å². The van der Waals surface area contributed by atoms with Crippen LogP contribution in [-0.4, -0.2) is 14.1 Å². The van der Waals surface area contributed by atoms with Crippen LogP contribution < -0.4 is 5.56 Å². The first kappa shape index (κ1) is 21.4. The summed E-state index contributed by atoms with van der Waals surface area (Å²) >= 11 is 0. The van der Waals surface area contributed by atoms with Gasteiger partial charge in [0.05, 0.1) is 18.1 Å². The normalized spacial score (nSPS) is 14.4. The summed E-state index contributed by atoms with van der Waals surface area (Å²) < 4.78 is 4.00. The van der Waals surface area contributed by atoms with Gasteiger partial charge < -0.3 is 9.13 Å². The number of hydrogen-bond acceptors (Lipinski definition) is 2. The van der Waals surface area contributed by atoms with Crippen molar-refractivity contribution in [3.63, 3.8) is 0 Å². The van der Waals surface area contributed by atoms with Gasteiger partial charge in [-0.05, 0) is 80.8 Å². The summed E-state index contributed by atoms with van der Waals surface area (Å²) in [6.45, 7) is 8.33. The van der Waals surface area contributed by atoms with Gasteiger partial charge in [0.15, 0.2) is 0 Å². The predicted molar refractivity (Wildman–Crippen MR) is 134 cm³/mol. The fourth-order valence-electron chi connectivity index (χ4n) is 4.64. The van der Waals surface area contributed by atoms with Gasteiger partial charge in [0.2, 0.25) is 0 Å². The smallest absolute Gasteiger partial charge is 0.254 e. The van der Waals surface area contributed by atoms with Crippen LogP contribution in [0.5, 0.6) is 0 Å². The zero-order chi connectivity index (χ0) is 23.1. The molecule has 4 nitrogen and oxygen atoms in total. The lowest BCUT2D eigenvalue weighted by molar-refractivity contribution is 0.604. The maximum atomic E-state index is 13.6. The second-order valence-electron chi connectivity index (χ2n) is 9.59. The quantitative estimate of drug-likeness (QED) is 0.369. The molecule has 0 bridgehead atoms. The van der Waals surface area contributed by atoms with Crippen molar-refractivity contribution in [3.05, 3.63) is 117 Å². The average molecular weight is 438 g/mol. The lowest BCUT2D eigenvalue weighted by atomic mass is 10.00. The van der Waals surface area contributed by atoms with Crippen LogP contribution in [0.1, 0.15) is 70.8 Å². The average Bonchev–Trinajstić information content (AvgIpc) is 3.56. The maximum absolute atomic E-state index is 13.6. The molecule has 33 heavy (non-hydrogen) atoms. The minimum absolute atomic E-state index is 0.00384. The molecule has 1 fully saturated rings. The van der Waals surface area contributed by atoms with E-state index in [0.717, 1.165) is 28.1 Å². The second kappa shape index (κ2) is 8.51. The number of aromatic nitrogens is 3. The molecular formula is C29H31N3O. The van der Waals surface area contributed by atoms with E-state index in [-0.39, 0.29) is 11.6 Å². The van der Waals surface area contributed by atoms with E-state index in [1.165, 1.54) is 29.5 Å². The highest BCUT2D eigenvalue weighted by molar-refractivity contribution is 5.44. The van der Waals surface area contributed by atoms with E-state index in [2.05, 4.69) is 85.1 Å². The molecule has 4 aromatic rings. The van der Waals surface area contributed by atoms with E-state index in [1.807, 2.05) is 24.0 Å². The van der Waals surface area contributed by atoms with Crippen LogP contribution in [0.2, 0.25) is 0 Å². The zero-order valence-corrected chi connectivity index (χ0v) is 19.9. The van der Waals surface area contributed by atoms with Crippen molar-refractivity contribution >= 4 is 0 Å². The number of imidazole rings is 1. The molecule has 1 aliphatic carbocycles. The minimum atomic E-state index is 0.00384. The molecule has 0 saturated heterocycles. The van der Waals surface area contributed by atoms with Crippen molar-refractivity contribution in [2.24, 2.45) is 0 Å². The summed E-state index contributed by atoms with van der Waals surface area (Å²) in [5.41, 5.74) is 9.14. The third-order valence-electron chi connectivity index (χ3n) is 6.81. The SMILES string of the molecule is Cc1ccc([C@H](C)n2cc(C3CC3)cc(Cc3ccc(-n4cnc(C)c4)c(C)c3)c2=O)cc1. The Bertz CT molecular complexity index is 1360. The first-order valence-corrected chi connectivity index (χ1v) is 11.8. The fourth-order valence-corrected chi connectivity index (χ4v) is 4.64. The van der Waals surface area contributed by atoms with Crippen LogP contribution >= 0.6 is 0 Å². The molecule has 0 aliphatic heterocycles.